The third-order valence-corrected chi connectivity index (χ3v) is 3.91. The molecule has 0 bridgehead atoms. The van der Waals surface area contributed by atoms with E-state index < -0.39 is 11.7 Å². The van der Waals surface area contributed by atoms with Gasteiger partial charge in [0.05, 0.1) is 17.5 Å². The molecule has 24 heavy (non-hydrogen) atoms. The lowest BCUT2D eigenvalue weighted by Gasteiger charge is -2.24. The Labute approximate surface area is 137 Å². The minimum absolute atomic E-state index is 0.0399. The molecule has 0 unspecified atom stereocenters. The molecule has 1 saturated carbocycles. The number of rotatable bonds is 4. The van der Waals surface area contributed by atoms with Crippen LogP contribution >= 0.6 is 0 Å². The molecular weight excluding hydrogens is 319 g/mol. The highest BCUT2D eigenvalue weighted by molar-refractivity contribution is 5.92. The Bertz CT molecular complexity index is 739. The summed E-state index contributed by atoms with van der Waals surface area (Å²) >= 11 is 0. The van der Waals surface area contributed by atoms with Gasteiger partial charge in [-0.3, -0.25) is 9.78 Å². The predicted molar refractivity (Wildman–Crippen MR) is 81.1 cm³/mol. The van der Waals surface area contributed by atoms with Crippen molar-refractivity contribution >= 4 is 5.91 Å². The van der Waals surface area contributed by atoms with Gasteiger partial charge in [0.15, 0.2) is 0 Å². The highest BCUT2D eigenvalue weighted by Crippen LogP contribution is 2.35. The Balaban J connectivity index is 1.88. The van der Waals surface area contributed by atoms with Crippen molar-refractivity contribution in [2.75, 3.05) is 0 Å². The molecule has 7 heteroatoms. The summed E-state index contributed by atoms with van der Waals surface area (Å²) in [6, 6.07) is 5.30. The second-order valence-corrected chi connectivity index (χ2v) is 5.86. The van der Waals surface area contributed by atoms with Gasteiger partial charge >= 0.3 is 6.18 Å². The second-order valence-electron chi connectivity index (χ2n) is 5.86. The van der Waals surface area contributed by atoms with Gasteiger partial charge in [-0.2, -0.15) is 13.2 Å². The van der Waals surface area contributed by atoms with Gasteiger partial charge in [-0.1, -0.05) is 18.2 Å². The van der Waals surface area contributed by atoms with Gasteiger partial charge in [0.2, 0.25) is 0 Å². The molecule has 0 spiro atoms. The summed E-state index contributed by atoms with van der Waals surface area (Å²) in [5.41, 5.74) is 0.202. The Morgan fingerprint density at radius 3 is 2.50 bits per heavy atom. The van der Waals surface area contributed by atoms with E-state index in [1.54, 1.807) is 13.0 Å². The third kappa shape index (κ3) is 3.55. The maximum absolute atomic E-state index is 13.2. The summed E-state index contributed by atoms with van der Waals surface area (Å²) in [4.78, 5) is 22.2. The summed E-state index contributed by atoms with van der Waals surface area (Å²) in [6.45, 7) is 1.66. The lowest BCUT2D eigenvalue weighted by Crippen LogP contribution is -2.34. The molecule has 0 N–H and O–H groups in total. The number of alkyl halides is 3. The Morgan fingerprint density at radius 1 is 1.21 bits per heavy atom. The van der Waals surface area contributed by atoms with Crippen LogP contribution < -0.4 is 0 Å². The largest absolute Gasteiger partial charge is 0.416 e. The highest BCUT2D eigenvalue weighted by atomic mass is 19.4. The smallest absolute Gasteiger partial charge is 0.330 e. The number of hydrogen-bond donors (Lipinski definition) is 0. The molecule has 0 aliphatic heterocycles. The van der Waals surface area contributed by atoms with E-state index in [4.69, 9.17) is 0 Å². The SMILES string of the molecule is Cc1cnc(C(=O)N(Cc2ccccc2C(F)(F)F)C2CC2)cn1. The van der Waals surface area contributed by atoms with Crippen molar-refractivity contribution in [2.45, 2.75) is 38.5 Å². The van der Waals surface area contributed by atoms with Gasteiger partial charge in [-0.15, -0.1) is 0 Å². The number of nitrogens with zero attached hydrogens (tertiary/aromatic N) is 3. The molecule has 0 atom stereocenters. The second kappa shape index (κ2) is 6.22. The number of hydrogen-bond acceptors (Lipinski definition) is 3. The van der Waals surface area contributed by atoms with Crippen molar-refractivity contribution in [2.24, 2.45) is 0 Å². The first kappa shape index (κ1) is 16.4. The number of halogens is 3. The molecule has 1 aliphatic rings. The van der Waals surface area contributed by atoms with Gasteiger partial charge in [-0.05, 0) is 31.4 Å². The first-order valence-electron chi connectivity index (χ1n) is 7.61. The van der Waals surface area contributed by atoms with Gasteiger partial charge < -0.3 is 4.90 Å². The molecule has 1 aliphatic carbocycles. The molecule has 3 rings (SSSR count). The van der Waals surface area contributed by atoms with Crippen molar-refractivity contribution in [1.82, 2.24) is 14.9 Å². The lowest BCUT2D eigenvalue weighted by molar-refractivity contribution is -0.138. The highest BCUT2D eigenvalue weighted by Gasteiger charge is 2.37. The Hall–Kier alpha value is -2.44. The molecule has 1 fully saturated rings. The third-order valence-electron chi connectivity index (χ3n) is 3.91. The molecule has 126 valence electrons. The standard InChI is InChI=1S/C17H16F3N3O/c1-11-8-22-15(9-21-11)16(24)23(13-6-7-13)10-12-4-2-3-5-14(12)17(18,19)20/h2-5,8-9,13H,6-7,10H2,1H3. The monoisotopic (exact) mass is 335 g/mol. The van der Waals surface area contributed by atoms with E-state index in [0.29, 0.717) is 5.69 Å². The molecular formula is C17H16F3N3O. The fourth-order valence-corrected chi connectivity index (χ4v) is 2.52. The van der Waals surface area contributed by atoms with Crippen molar-refractivity contribution in [3.63, 3.8) is 0 Å². The van der Waals surface area contributed by atoms with Crippen LogP contribution in [-0.2, 0) is 12.7 Å². The molecule has 0 radical (unpaired) electrons. The van der Waals surface area contributed by atoms with Crippen LogP contribution in [0.3, 0.4) is 0 Å². The fourth-order valence-electron chi connectivity index (χ4n) is 2.52. The van der Waals surface area contributed by atoms with Crippen LogP contribution in [0.25, 0.3) is 0 Å². The van der Waals surface area contributed by atoms with E-state index in [0.717, 1.165) is 18.9 Å². The first-order chi connectivity index (χ1) is 11.4. The van der Waals surface area contributed by atoms with E-state index in [-0.39, 0.29) is 29.8 Å². The average molecular weight is 335 g/mol. The van der Waals surface area contributed by atoms with E-state index in [1.807, 2.05) is 0 Å². The molecule has 1 amide bonds. The van der Waals surface area contributed by atoms with Crippen LogP contribution in [0.2, 0.25) is 0 Å². The zero-order valence-corrected chi connectivity index (χ0v) is 13.0. The Morgan fingerprint density at radius 2 is 1.92 bits per heavy atom. The normalized spacial score (nSPS) is 14.5. The zero-order chi connectivity index (χ0) is 17.3. The topological polar surface area (TPSA) is 46.1 Å². The van der Waals surface area contributed by atoms with E-state index in [1.165, 1.54) is 29.4 Å². The van der Waals surface area contributed by atoms with E-state index in [2.05, 4.69) is 9.97 Å². The quantitative estimate of drug-likeness (QED) is 0.857. The molecule has 4 nitrogen and oxygen atoms in total. The number of aryl methyl sites for hydroxylation is 1. The summed E-state index contributed by atoms with van der Waals surface area (Å²) in [5, 5.41) is 0. The molecule has 1 aromatic carbocycles. The molecule has 0 saturated heterocycles. The minimum atomic E-state index is -4.45. The number of carbonyl (C=O) groups is 1. The van der Waals surface area contributed by atoms with Crippen LogP contribution in [0.4, 0.5) is 13.2 Å². The summed E-state index contributed by atoms with van der Waals surface area (Å²) in [7, 11) is 0. The van der Waals surface area contributed by atoms with Crippen molar-refractivity contribution < 1.29 is 18.0 Å². The number of benzene rings is 1. The summed E-state index contributed by atoms with van der Waals surface area (Å²) in [6.07, 6.45) is -0.0262. The number of carbonyl (C=O) groups excluding carboxylic acids is 1. The van der Waals surface area contributed by atoms with E-state index >= 15 is 0 Å². The average Bonchev–Trinajstić information content (AvgIpc) is 3.37. The van der Waals surface area contributed by atoms with Gasteiger partial charge in [0.1, 0.15) is 5.69 Å². The van der Waals surface area contributed by atoms with Crippen molar-refractivity contribution in [3.8, 4) is 0 Å². The number of amides is 1. The van der Waals surface area contributed by atoms with Crippen LogP contribution in [0.1, 0.15) is 40.2 Å². The van der Waals surface area contributed by atoms with Gasteiger partial charge in [-0.25, -0.2) is 4.98 Å². The van der Waals surface area contributed by atoms with Crippen LogP contribution in [0, 0.1) is 6.92 Å². The van der Waals surface area contributed by atoms with Gasteiger partial charge in [0, 0.05) is 18.8 Å². The maximum Gasteiger partial charge on any atom is 0.416 e. The summed E-state index contributed by atoms with van der Waals surface area (Å²) < 4.78 is 39.5. The van der Waals surface area contributed by atoms with Crippen molar-refractivity contribution in [1.29, 1.82) is 0 Å². The zero-order valence-electron chi connectivity index (χ0n) is 13.0. The fraction of sp³-hybridized carbons (Fsp3) is 0.353. The number of aromatic nitrogens is 2. The molecule has 1 aromatic heterocycles. The summed E-state index contributed by atoms with van der Waals surface area (Å²) in [5.74, 6) is -0.387. The van der Waals surface area contributed by atoms with Crippen LogP contribution in [-0.4, -0.2) is 26.8 Å². The van der Waals surface area contributed by atoms with Crippen molar-refractivity contribution in [3.05, 3.63) is 59.2 Å². The maximum atomic E-state index is 13.2. The van der Waals surface area contributed by atoms with Crippen LogP contribution in [0.5, 0.6) is 0 Å². The minimum Gasteiger partial charge on any atom is -0.330 e. The van der Waals surface area contributed by atoms with Crippen LogP contribution in [0.15, 0.2) is 36.7 Å². The molecule has 1 heterocycles. The predicted octanol–water partition coefficient (Wildman–Crippen LogP) is 3.61. The molecule has 2 aromatic rings. The van der Waals surface area contributed by atoms with Gasteiger partial charge in [0.25, 0.3) is 5.91 Å². The Kier molecular flexibility index (Phi) is 4.26. The lowest BCUT2D eigenvalue weighted by atomic mass is 10.1. The van der Waals surface area contributed by atoms with E-state index in [9.17, 15) is 18.0 Å². The first-order valence-corrected chi connectivity index (χ1v) is 7.61.